The highest BCUT2D eigenvalue weighted by Crippen LogP contribution is 2.35. The molecule has 0 saturated carbocycles. The number of hydrogen-bond acceptors (Lipinski definition) is 2. The van der Waals surface area contributed by atoms with Crippen LogP contribution in [-0.2, 0) is 6.42 Å². The molecule has 0 aliphatic rings. The quantitative estimate of drug-likeness (QED) is 0.726. The van der Waals surface area contributed by atoms with Crippen LogP contribution in [0.1, 0.15) is 18.1 Å². The van der Waals surface area contributed by atoms with Crippen LogP contribution in [0.15, 0.2) is 17.5 Å². The van der Waals surface area contributed by atoms with Gasteiger partial charge in [0.15, 0.2) is 0 Å². The van der Waals surface area contributed by atoms with Gasteiger partial charge < -0.3 is 4.74 Å². The molecule has 0 spiro atoms. The third-order valence-corrected chi connectivity index (χ3v) is 3.65. The van der Waals surface area contributed by atoms with Crippen LogP contribution in [0, 0.1) is 6.92 Å². The number of methoxy groups -OCH3 is 1. The number of aryl methyl sites for hydroxylation is 2. The van der Waals surface area contributed by atoms with E-state index in [1.165, 1.54) is 21.2 Å². The molecule has 14 heavy (non-hydrogen) atoms. The summed E-state index contributed by atoms with van der Waals surface area (Å²) >= 11 is 1.78. The maximum atomic E-state index is 5.32. The Balaban J connectivity index is 2.76. The van der Waals surface area contributed by atoms with Crippen molar-refractivity contribution in [2.75, 3.05) is 7.11 Å². The Morgan fingerprint density at radius 2 is 2.14 bits per heavy atom. The summed E-state index contributed by atoms with van der Waals surface area (Å²) in [5, 5.41) is 3.34. The summed E-state index contributed by atoms with van der Waals surface area (Å²) in [6.07, 6.45) is 1.09. The lowest BCUT2D eigenvalue weighted by molar-refractivity contribution is 0.421. The van der Waals surface area contributed by atoms with Gasteiger partial charge in [-0.1, -0.05) is 13.0 Å². The van der Waals surface area contributed by atoms with Crippen LogP contribution in [0.4, 0.5) is 0 Å². The highest BCUT2D eigenvalue weighted by molar-refractivity contribution is 7.17. The molecule has 0 bridgehead atoms. The fraction of sp³-hybridized carbons (Fsp3) is 0.333. The molecule has 0 unspecified atom stereocenters. The zero-order valence-electron chi connectivity index (χ0n) is 8.76. The Kier molecular flexibility index (Phi) is 2.46. The molecular formula is C12H14OS. The van der Waals surface area contributed by atoms with Gasteiger partial charge in [-0.2, -0.15) is 0 Å². The Bertz CT molecular complexity index is 457. The van der Waals surface area contributed by atoms with Crippen molar-refractivity contribution < 1.29 is 4.74 Å². The summed E-state index contributed by atoms with van der Waals surface area (Å²) in [6.45, 7) is 4.37. The zero-order chi connectivity index (χ0) is 10.1. The molecule has 2 heteroatoms. The van der Waals surface area contributed by atoms with Gasteiger partial charge in [-0.05, 0) is 30.5 Å². The van der Waals surface area contributed by atoms with Gasteiger partial charge in [-0.25, -0.2) is 0 Å². The van der Waals surface area contributed by atoms with Crippen molar-refractivity contribution in [1.29, 1.82) is 0 Å². The highest BCUT2D eigenvalue weighted by Gasteiger charge is 2.08. The van der Waals surface area contributed by atoms with E-state index in [0.29, 0.717) is 0 Å². The Labute approximate surface area is 88.3 Å². The van der Waals surface area contributed by atoms with E-state index in [-0.39, 0.29) is 0 Å². The van der Waals surface area contributed by atoms with E-state index in [2.05, 4.69) is 31.4 Å². The fourth-order valence-corrected chi connectivity index (χ4v) is 3.02. The number of ether oxygens (including phenoxy) is 1. The van der Waals surface area contributed by atoms with E-state index in [4.69, 9.17) is 4.74 Å². The Morgan fingerprint density at radius 1 is 1.36 bits per heavy atom. The summed E-state index contributed by atoms with van der Waals surface area (Å²) in [5.74, 6) is 1.000. The van der Waals surface area contributed by atoms with Gasteiger partial charge in [-0.15, -0.1) is 11.3 Å². The van der Waals surface area contributed by atoms with Gasteiger partial charge in [0.05, 0.1) is 7.11 Å². The minimum atomic E-state index is 1.000. The van der Waals surface area contributed by atoms with Crippen molar-refractivity contribution in [3.63, 3.8) is 0 Å². The molecule has 0 radical (unpaired) electrons. The SMILES string of the molecule is CCc1c(C)ccc2c(OC)csc12. The molecule has 2 aromatic rings. The number of hydrogen-bond donors (Lipinski definition) is 0. The largest absolute Gasteiger partial charge is 0.495 e. The topological polar surface area (TPSA) is 9.23 Å². The molecule has 1 nitrogen and oxygen atoms in total. The number of fused-ring (bicyclic) bond motifs is 1. The Morgan fingerprint density at radius 3 is 2.79 bits per heavy atom. The van der Waals surface area contributed by atoms with Crippen LogP contribution < -0.4 is 4.74 Å². The molecule has 0 atom stereocenters. The maximum Gasteiger partial charge on any atom is 0.137 e. The second kappa shape index (κ2) is 3.62. The van der Waals surface area contributed by atoms with Crippen LogP contribution in [0.25, 0.3) is 10.1 Å². The van der Waals surface area contributed by atoms with Gasteiger partial charge in [0, 0.05) is 15.5 Å². The van der Waals surface area contributed by atoms with Gasteiger partial charge >= 0.3 is 0 Å². The highest BCUT2D eigenvalue weighted by atomic mass is 32.1. The smallest absolute Gasteiger partial charge is 0.137 e. The molecule has 1 heterocycles. The van der Waals surface area contributed by atoms with E-state index in [0.717, 1.165) is 12.2 Å². The molecule has 0 amide bonds. The number of thiophene rings is 1. The molecule has 0 fully saturated rings. The molecule has 74 valence electrons. The van der Waals surface area contributed by atoms with E-state index in [1.54, 1.807) is 18.4 Å². The molecular weight excluding hydrogens is 192 g/mol. The molecule has 0 saturated heterocycles. The summed E-state index contributed by atoms with van der Waals surface area (Å²) < 4.78 is 6.70. The number of benzene rings is 1. The van der Waals surface area contributed by atoms with E-state index < -0.39 is 0 Å². The maximum absolute atomic E-state index is 5.32. The minimum Gasteiger partial charge on any atom is -0.495 e. The second-order valence-corrected chi connectivity index (χ2v) is 4.27. The van der Waals surface area contributed by atoms with Crippen molar-refractivity contribution >= 4 is 21.4 Å². The summed E-state index contributed by atoms with van der Waals surface area (Å²) in [5.41, 5.74) is 2.83. The average molecular weight is 206 g/mol. The number of rotatable bonds is 2. The molecule has 0 aliphatic carbocycles. The summed E-state index contributed by atoms with van der Waals surface area (Å²) in [4.78, 5) is 0. The first-order valence-corrected chi connectivity index (χ1v) is 5.69. The summed E-state index contributed by atoms with van der Waals surface area (Å²) in [6, 6.07) is 4.33. The van der Waals surface area contributed by atoms with E-state index >= 15 is 0 Å². The second-order valence-electron chi connectivity index (χ2n) is 3.40. The predicted octanol–water partition coefficient (Wildman–Crippen LogP) is 3.78. The molecule has 0 N–H and O–H groups in total. The van der Waals surface area contributed by atoms with Crippen molar-refractivity contribution in [3.8, 4) is 5.75 Å². The fourth-order valence-electron chi connectivity index (χ4n) is 1.83. The zero-order valence-corrected chi connectivity index (χ0v) is 9.57. The normalized spacial score (nSPS) is 10.8. The monoisotopic (exact) mass is 206 g/mol. The Hall–Kier alpha value is -1.02. The van der Waals surface area contributed by atoms with Gasteiger partial charge in [0.2, 0.25) is 0 Å². The lowest BCUT2D eigenvalue weighted by Crippen LogP contribution is -1.86. The van der Waals surface area contributed by atoms with Gasteiger partial charge in [-0.3, -0.25) is 0 Å². The third kappa shape index (κ3) is 1.30. The third-order valence-electron chi connectivity index (χ3n) is 2.62. The van der Waals surface area contributed by atoms with Crippen molar-refractivity contribution in [3.05, 3.63) is 28.6 Å². The molecule has 1 aromatic heterocycles. The van der Waals surface area contributed by atoms with Crippen LogP contribution in [0.3, 0.4) is 0 Å². The van der Waals surface area contributed by atoms with Crippen molar-refractivity contribution in [1.82, 2.24) is 0 Å². The van der Waals surface area contributed by atoms with Crippen molar-refractivity contribution in [2.45, 2.75) is 20.3 Å². The van der Waals surface area contributed by atoms with Crippen LogP contribution in [-0.4, -0.2) is 7.11 Å². The lowest BCUT2D eigenvalue weighted by atomic mass is 10.0. The first-order chi connectivity index (χ1) is 6.77. The van der Waals surface area contributed by atoms with E-state index in [9.17, 15) is 0 Å². The van der Waals surface area contributed by atoms with Crippen LogP contribution in [0.5, 0.6) is 5.75 Å². The first kappa shape index (κ1) is 9.53. The standard InChI is InChI=1S/C12H14OS/c1-4-9-8(2)5-6-10-11(13-3)7-14-12(9)10/h5-7H,4H2,1-3H3. The van der Waals surface area contributed by atoms with Crippen LogP contribution in [0.2, 0.25) is 0 Å². The molecule has 1 aromatic carbocycles. The molecule has 2 rings (SSSR count). The van der Waals surface area contributed by atoms with Crippen molar-refractivity contribution in [2.24, 2.45) is 0 Å². The predicted molar refractivity (Wildman–Crippen MR) is 62.5 cm³/mol. The van der Waals surface area contributed by atoms with Gasteiger partial charge in [0.1, 0.15) is 5.75 Å². The minimum absolute atomic E-state index is 1.000. The molecule has 0 aliphatic heterocycles. The van der Waals surface area contributed by atoms with Crippen LogP contribution >= 0.6 is 11.3 Å². The lowest BCUT2D eigenvalue weighted by Gasteiger charge is -2.04. The van der Waals surface area contributed by atoms with E-state index in [1.807, 2.05) is 0 Å². The first-order valence-electron chi connectivity index (χ1n) is 4.81. The summed E-state index contributed by atoms with van der Waals surface area (Å²) in [7, 11) is 1.73. The average Bonchev–Trinajstić information content (AvgIpc) is 2.60. The van der Waals surface area contributed by atoms with Gasteiger partial charge in [0.25, 0.3) is 0 Å².